The minimum absolute atomic E-state index is 0.182. The Morgan fingerprint density at radius 2 is 1.75 bits per heavy atom. The van der Waals surface area contributed by atoms with Crippen molar-refractivity contribution < 1.29 is 4.79 Å². The normalized spacial score (nSPS) is 15.0. The molecule has 4 rings (SSSR count). The van der Waals surface area contributed by atoms with Gasteiger partial charge in [-0.25, -0.2) is 4.68 Å². The van der Waals surface area contributed by atoms with Crippen molar-refractivity contribution in [3.8, 4) is 5.69 Å². The fourth-order valence-corrected chi connectivity index (χ4v) is 4.58. The molecule has 0 atom stereocenters. The Morgan fingerprint density at radius 3 is 2.46 bits per heavy atom. The molecule has 0 bridgehead atoms. The SMILES string of the molecule is Cc1nnc(SCC(=O)N2CCCCCC2)c2nn(-c3ccccc3)c(C)c12. The highest BCUT2D eigenvalue weighted by atomic mass is 32.2. The largest absolute Gasteiger partial charge is 0.342 e. The number of fused-ring (bicyclic) bond motifs is 1. The van der Waals surface area contributed by atoms with Crippen LogP contribution in [-0.4, -0.2) is 49.6 Å². The Bertz CT molecular complexity index is 977. The number of likely N-dealkylation sites (tertiary alicyclic amines) is 1. The maximum atomic E-state index is 12.7. The van der Waals surface area contributed by atoms with Crippen LogP contribution in [0.15, 0.2) is 35.4 Å². The second-order valence-corrected chi connectivity index (χ2v) is 8.19. The average molecular weight is 396 g/mol. The third-order valence-electron chi connectivity index (χ3n) is 5.26. The first-order valence-electron chi connectivity index (χ1n) is 9.84. The van der Waals surface area contributed by atoms with Gasteiger partial charge in [0.25, 0.3) is 0 Å². The van der Waals surface area contributed by atoms with Crippen LogP contribution in [0.2, 0.25) is 0 Å². The van der Waals surface area contributed by atoms with Crippen molar-refractivity contribution in [2.24, 2.45) is 0 Å². The zero-order chi connectivity index (χ0) is 19.5. The summed E-state index contributed by atoms with van der Waals surface area (Å²) in [4.78, 5) is 14.6. The smallest absolute Gasteiger partial charge is 0.232 e. The molecule has 0 aliphatic carbocycles. The van der Waals surface area contributed by atoms with Crippen molar-refractivity contribution in [3.05, 3.63) is 41.7 Å². The van der Waals surface area contributed by atoms with E-state index < -0.39 is 0 Å². The van der Waals surface area contributed by atoms with Crippen LogP contribution < -0.4 is 0 Å². The number of carbonyl (C=O) groups excluding carboxylic acids is 1. The Labute approximate surface area is 169 Å². The molecule has 1 saturated heterocycles. The minimum Gasteiger partial charge on any atom is -0.342 e. The zero-order valence-electron chi connectivity index (χ0n) is 16.4. The summed E-state index contributed by atoms with van der Waals surface area (Å²) in [7, 11) is 0. The van der Waals surface area contributed by atoms with Gasteiger partial charge in [0.1, 0.15) is 10.5 Å². The van der Waals surface area contributed by atoms with Crippen molar-refractivity contribution in [1.29, 1.82) is 0 Å². The van der Waals surface area contributed by atoms with E-state index in [1.807, 2.05) is 53.8 Å². The van der Waals surface area contributed by atoms with E-state index in [0.717, 1.165) is 58.9 Å². The summed E-state index contributed by atoms with van der Waals surface area (Å²) < 4.78 is 1.93. The Morgan fingerprint density at radius 1 is 1.04 bits per heavy atom. The highest BCUT2D eigenvalue weighted by Crippen LogP contribution is 2.30. The van der Waals surface area contributed by atoms with Gasteiger partial charge in [0, 0.05) is 18.5 Å². The Hall–Kier alpha value is -2.41. The summed E-state index contributed by atoms with van der Waals surface area (Å²) in [5, 5.41) is 15.2. The van der Waals surface area contributed by atoms with E-state index in [4.69, 9.17) is 5.10 Å². The summed E-state index contributed by atoms with van der Waals surface area (Å²) in [6.45, 7) is 5.75. The molecule has 1 aliphatic rings. The molecule has 0 unspecified atom stereocenters. The third-order valence-corrected chi connectivity index (χ3v) is 6.20. The minimum atomic E-state index is 0.182. The van der Waals surface area contributed by atoms with Crippen LogP contribution in [0.3, 0.4) is 0 Å². The number of para-hydroxylation sites is 1. The molecule has 1 fully saturated rings. The summed E-state index contributed by atoms with van der Waals surface area (Å²) >= 11 is 1.44. The van der Waals surface area contributed by atoms with Gasteiger partial charge in [-0.15, -0.1) is 5.10 Å². The van der Waals surface area contributed by atoms with Gasteiger partial charge < -0.3 is 4.90 Å². The maximum Gasteiger partial charge on any atom is 0.232 e. The van der Waals surface area contributed by atoms with Crippen LogP contribution in [0.25, 0.3) is 16.6 Å². The number of rotatable bonds is 4. The first kappa shape index (κ1) is 18.9. The van der Waals surface area contributed by atoms with Gasteiger partial charge >= 0.3 is 0 Å². The number of nitrogens with zero attached hydrogens (tertiary/aromatic N) is 5. The van der Waals surface area contributed by atoms with E-state index in [1.165, 1.54) is 24.6 Å². The predicted octanol–water partition coefficient (Wildman–Crippen LogP) is 3.93. The van der Waals surface area contributed by atoms with Crippen LogP contribution >= 0.6 is 11.8 Å². The molecule has 3 heterocycles. The second kappa shape index (κ2) is 8.31. The molecule has 3 aromatic rings. The van der Waals surface area contributed by atoms with E-state index >= 15 is 0 Å². The fraction of sp³-hybridized carbons (Fsp3) is 0.429. The Kier molecular flexibility index (Phi) is 5.62. The molecule has 28 heavy (non-hydrogen) atoms. The average Bonchev–Trinajstić information content (AvgIpc) is 2.89. The molecule has 146 valence electrons. The molecule has 1 aromatic carbocycles. The third kappa shape index (κ3) is 3.76. The second-order valence-electron chi connectivity index (χ2n) is 7.23. The number of benzene rings is 1. The van der Waals surface area contributed by atoms with E-state index in [1.54, 1.807) is 0 Å². The monoisotopic (exact) mass is 395 g/mol. The van der Waals surface area contributed by atoms with Crippen LogP contribution in [0.4, 0.5) is 0 Å². The topological polar surface area (TPSA) is 63.9 Å². The molecule has 0 N–H and O–H groups in total. The van der Waals surface area contributed by atoms with Crippen LogP contribution in [-0.2, 0) is 4.79 Å². The van der Waals surface area contributed by atoms with Gasteiger partial charge in [0.2, 0.25) is 5.91 Å². The van der Waals surface area contributed by atoms with E-state index in [0.29, 0.717) is 5.75 Å². The van der Waals surface area contributed by atoms with Gasteiger partial charge in [0.05, 0.1) is 22.8 Å². The molecule has 1 amide bonds. The number of amides is 1. The molecule has 1 aliphatic heterocycles. The molecule has 7 heteroatoms. The lowest BCUT2D eigenvalue weighted by Gasteiger charge is -2.19. The van der Waals surface area contributed by atoms with E-state index in [9.17, 15) is 4.79 Å². The molecular formula is C21H25N5OS. The number of hydrogen-bond donors (Lipinski definition) is 0. The molecule has 2 aromatic heterocycles. The van der Waals surface area contributed by atoms with E-state index in [-0.39, 0.29) is 5.91 Å². The number of carbonyl (C=O) groups is 1. The molecule has 0 saturated carbocycles. The number of aromatic nitrogens is 4. The highest BCUT2D eigenvalue weighted by molar-refractivity contribution is 8.00. The van der Waals surface area contributed by atoms with Gasteiger partial charge in [0.15, 0.2) is 0 Å². The van der Waals surface area contributed by atoms with Crippen molar-refractivity contribution in [2.75, 3.05) is 18.8 Å². The number of hydrogen-bond acceptors (Lipinski definition) is 5. The summed E-state index contributed by atoms with van der Waals surface area (Å²) in [5.74, 6) is 0.561. The lowest BCUT2D eigenvalue weighted by molar-refractivity contribution is -0.128. The quantitative estimate of drug-likeness (QED) is 0.627. The summed E-state index contributed by atoms with van der Waals surface area (Å²) in [6, 6.07) is 10.1. The fourth-order valence-electron chi connectivity index (χ4n) is 3.76. The van der Waals surface area contributed by atoms with Crippen molar-refractivity contribution >= 4 is 28.6 Å². The summed E-state index contributed by atoms with van der Waals surface area (Å²) in [6.07, 6.45) is 4.64. The van der Waals surface area contributed by atoms with Gasteiger partial charge in [-0.2, -0.15) is 10.2 Å². The molecule has 6 nitrogen and oxygen atoms in total. The summed E-state index contributed by atoms with van der Waals surface area (Å²) in [5.41, 5.74) is 3.72. The highest BCUT2D eigenvalue weighted by Gasteiger charge is 2.20. The van der Waals surface area contributed by atoms with E-state index in [2.05, 4.69) is 10.2 Å². The first-order valence-corrected chi connectivity index (χ1v) is 10.8. The lowest BCUT2D eigenvalue weighted by atomic mass is 10.2. The number of thioether (sulfide) groups is 1. The standard InChI is InChI=1S/C21H25N5OS/c1-15-19-16(2)26(17-10-6-5-7-11-17)24-20(19)21(23-22-15)28-14-18(27)25-12-8-3-4-9-13-25/h5-7,10-11H,3-4,8-9,12-14H2,1-2H3. The van der Waals surface area contributed by atoms with Crippen LogP contribution in [0.5, 0.6) is 0 Å². The first-order chi connectivity index (χ1) is 13.6. The van der Waals surface area contributed by atoms with Gasteiger partial charge in [-0.05, 0) is 38.8 Å². The Balaban J connectivity index is 1.61. The molecule has 0 spiro atoms. The van der Waals surface area contributed by atoms with Crippen LogP contribution in [0.1, 0.15) is 37.1 Å². The zero-order valence-corrected chi connectivity index (χ0v) is 17.2. The maximum absolute atomic E-state index is 12.7. The molecular weight excluding hydrogens is 370 g/mol. The van der Waals surface area contributed by atoms with Crippen molar-refractivity contribution in [1.82, 2.24) is 24.9 Å². The van der Waals surface area contributed by atoms with Gasteiger partial charge in [-0.3, -0.25) is 4.79 Å². The van der Waals surface area contributed by atoms with Crippen molar-refractivity contribution in [2.45, 2.75) is 44.6 Å². The lowest BCUT2D eigenvalue weighted by Crippen LogP contribution is -2.33. The number of aryl methyl sites for hydroxylation is 2. The molecule has 0 radical (unpaired) electrons. The van der Waals surface area contributed by atoms with Gasteiger partial charge in [-0.1, -0.05) is 42.8 Å². The van der Waals surface area contributed by atoms with Crippen LogP contribution in [0, 0.1) is 13.8 Å². The van der Waals surface area contributed by atoms with Crippen molar-refractivity contribution in [3.63, 3.8) is 0 Å². The predicted molar refractivity (Wildman–Crippen MR) is 112 cm³/mol.